The minimum Gasteiger partial charge on any atom is -0.392 e. The lowest BCUT2D eigenvalue weighted by Gasteiger charge is -2.41. The molecule has 1 fully saturated rings. The van der Waals surface area contributed by atoms with E-state index in [2.05, 4.69) is 21.8 Å². The van der Waals surface area contributed by atoms with E-state index in [4.69, 9.17) is 9.47 Å². The van der Waals surface area contributed by atoms with E-state index < -0.39 is 16.3 Å². The number of aliphatic hydroxyl groups excluding tert-OH is 1. The van der Waals surface area contributed by atoms with Crippen LogP contribution >= 0.6 is 23.1 Å². The van der Waals surface area contributed by atoms with Gasteiger partial charge in [0.25, 0.3) is 10.0 Å². The van der Waals surface area contributed by atoms with Gasteiger partial charge >= 0.3 is 0 Å². The Morgan fingerprint density at radius 1 is 0.974 bits per heavy atom. The normalized spacial score (nSPS) is 21.5. The molecule has 0 bridgehead atoms. The molecule has 0 amide bonds. The van der Waals surface area contributed by atoms with Gasteiger partial charge in [-0.3, -0.25) is 4.72 Å². The molecule has 8 nitrogen and oxygen atoms in total. The number of thioether (sulfide) groups is 1. The van der Waals surface area contributed by atoms with Gasteiger partial charge in [0.15, 0.2) is 10.6 Å². The third-order valence-electron chi connectivity index (χ3n) is 6.47. The van der Waals surface area contributed by atoms with Gasteiger partial charge < -0.3 is 14.6 Å². The van der Waals surface area contributed by atoms with Gasteiger partial charge in [-0.25, -0.2) is 8.42 Å². The predicted octanol–water partition coefficient (Wildman–Crippen LogP) is 5.72. The molecule has 204 valence electrons. The molecule has 1 saturated heterocycles. The quantitative estimate of drug-likeness (QED) is 0.241. The van der Waals surface area contributed by atoms with Gasteiger partial charge in [-0.2, -0.15) is 0 Å². The van der Waals surface area contributed by atoms with Crippen molar-refractivity contribution in [1.82, 2.24) is 10.2 Å². The second-order valence-electron chi connectivity index (χ2n) is 9.26. The molecule has 0 unspecified atom stereocenters. The lowest BCUT2D eigenvalue weighted by atomic mass is 9.91. The third-order valence-corrected chi connectivity index (χ3v) is 9.92. The Hall–Kier alpha value is -2.80. The zero-order valence-electron chi connectivity index (χ0n) is 21.4. The fourth-order valence-electron chi connectivity index (χ4n) is 4.36. The van der Waals surface area contributed by atoms with Crippen LogP contribution in [-0.4, -0.2) is 35.6 Å². The maximum absolute atomic E-state index is 12.9. The number of sulfonamides is 1. The van der Waals surface area contributed by atoms with Crippen LogP contribution in [0.4, 0.5) is 5.69 Å². The number of hydrogen-bond donors (Lipinski definition) is 2. The Bertz CT molecular complexity index is 1500. The second-order valence-corrected chi connectivity index (χ2v) is 13.4. The lowest BCUT2D eigenvalue weighted by Crippen LogP contribution is -2.38. The summed E-state index contributed by atoms with van der Waals surface area (Å²) in [7, 11) is -3.75. The van der Waals surface area contributed by atoms with Crippen LogP contribution in [0.15, 0.2) is 88.1 Å². The monoisotopic (exact) mass is 583 g/mol. The van der Waals surface area contributed by atoms with E-state index in [1.54, 1.807) is 71.6 Å². The molecule has 2 heterocycles. The topological polar surface area (TPSA) is 111 Å². The predicted molar refractivity (Wildman–Crippen MR) is 152 cm³/mol. The molecule has 39 heavy (non-hydrogen) atoms. The molecule has 2 N–H and O–H groups in total. The molecular weight excluding hydrogens is 555 g/mol. The van der Waals surface area contributed by atoms with E-state index in [9.17, 15) is 13.5 Å². The molecule has 1 aromatic heterocycles. The molecule has 1 aliphatic rings. The van der Waals surface area contributed by atoms with Gasteiger partial charge in [0.2, 0.25) is 0 Å². The fourth-order valence-corrected chi connectivity index (χ4v) is 7.44. The zero-order chi connectivity index (χ0) is 27.4. The van der Waals surface area contributed by atoms with Crippen molar-refractivity contribution in [3.63, 3.8) is 0 Å². The van der Waals surface area contributed by atoms with Crippen molar-refractivity contribution >= 4 is 38.8 Å². The van der Waals surface area contributed by atoms with Crippen molar-refractivity contribution in [1.29, 1.82) is 0 Å². The summed E-state index contributed by atoms with van der Waals surface area (Å²) >= 11 is 3.15. The molecule has 0 spiro atoms. The average Bonchev–Trinajstić information content (AvgIpc) is 3.38. The summed E-state index contributed by atoms with van der Waals surface area (Å²) in [6.07, 6.45) is -1.17. The van der Waals surface area contributed by atoms with E-state index in [1.165, 1.54) is 0 Å². The number of ether oxygens (including phenoxy) is 2. The highest BCUT2D eigenvalue weighted by Gasteiger charge is 2.38. The number of aliphatic hydroxyl groups is 1. The summed E-state index contributed by atoms with van der Waals surface area (Å²) in [6, 6.07) is 23.1. The maximum Gasteiger partial charge on any atom is 0.261 e. The first kappa shape index (κ1) is 27.8. The van der Waals surface area contributed by atoms with E-state index in [-0.39, 0.29) is 29.6 Å². The Labute approximate surface area is 236 Å². The van der Waals surface area contributed by atoms with Crippen molar-refractivity contribution in [2.45, 2.75) is 48.2 Å². The van der Waals surface area contributed by atoms with E-state index in [0.29, 0.717) is 17.0 Å². The SMILES string of the molecule is Cc1nnc(SC[C@@H]2O[C@H](c3cccc(NS(=O)(=O)c4ccccc4)c3)O[C@H](c3ccc(CO)cc3)[C@@H]2C)s1. The number of anilines is 1. The first-order chi connectivity index (χ1) is 18.8. The van der Waals surface area contributed by atoms with Crippen LogP contribution in [-0.2, 0) is 26.1 Å². The Kier molecular flexibility index (Phi) is 8.65. The third kappa shape index (κ3) is 6.68. The van der Waals surface area contributed by atoms with Gasteiger partial charge in [-0.15, -0.1) is 10.2 Å². The first-order valence-electron chi connectivity index (χ1n) is 12.4. The molecule has 0 aliphatic carbocycles. The van der Waals surface area contributed by atoms with Crippen molar-refractivity contribution in [3.05, 3.63) is 101 Å². The molecule has 5 rings (SSSR count). The highest BCUT2D eigenvalue weighted by Crippen LogP contribution is 2.43. The van der Waals surface area contributed by atoms with Crippen molar-refractivity contribution in [2.24, 2.45) is 5.92 Å². The van der Waals surface area contributed by atoms with Crippen LogP contribution in [0, 0.1) is 12.8 Å². The number of nitrogens with one attached hydrogen (secondary N) is 1. The second kappa shape index (κ2) is 12.2. The highest BCUT2D eigenvalue weighted by molar-refractivity contribution is 8.01. The number of hydrogen-bond acceptors (Lipinski definition) is 9. The van der Waals surface area contributed by atoms with Gasteiger partial charge in [-0.05, 0) is 42.3 Å². The van der Waals surface area contributed by atoms with Crippen LogP contribution in [0.2, 0.25) is 0 Å². The van der Waals surface area contributed by atoms with Crippen molar-refractivity contribution < 1.29 is 23.0 Å². The molecule has 1 aliphatic heterocycles. The fraction of sp³-hybridized carbons (Fsp3) is 0.286. The molecule has 4 aromatic rings. The number of aryl methyl sites for hydroxylation is 1. The lowest BCUT2D eigenvalue weighted by molar-refractivity contribution is -0.268. The van der Waals surface area contributed by atoms with E-state index in [0.717, 1.165) is 20.5 Å². The summed E-state index contributed by atoms with van der Waals surface area (Å²) in [5.41, 5.74) is 2.93. The van der Waals surface area contributed by atoms with Crippen LogP contribution in [0.5, 0.6) is 0 Å². The minimum atomic E-state index is -3.75. The van der Waals surface area contributed by atoms with Crippen LogP contribution in [0.1, 0.15) is 41.0 Å². The molecule has 0 radical (unpaired) electrons. The largest absolute Gasteiger partial charge is 0.392 e. The van der Waals surface area contributed by atoms with Crippen molar-refractivity contribution in [3.8, 4) is 0 Å². The smallest absolute Gasteiger partial charge is 0.261 e. The number of rotatable bonds is 9. The molecule has 4 atom stereocenters. The first-order valence-corrected chi connectivity index (χ1v) is 15.7. The minimum absolute atomic E-state index is 0.0162. The Morgan fingerprint density at radius 3 is 2.44 bits per heavy atom. The summed E-state index contributed by atoms with van der Waals surface area (Å²) in [5, 5.41) is 18.7. The molecule has 3 aromatic carbocycles. The van der Waals surface area contributed by atoms with Gasteiger partial charge in [0.1, 0.15) is 5.01 Å². The molecule has 0 saturated carbocycles. The van der Waals surface area contributed by atoms with Crippen LogP contribution < -0.4 is 4.72 Å². The van der Waals surface area contributed by atoms with Gasteiger partial charge in [-0.1, -0.05) is 84.6 Å². The zero-order valence-corrected chi connectivity index (χ0v) is 23.9. The number of aromatic nitrogens is 2. The maximum atomic E-state index is 12.9. The Morgan fingerprint density at radius 2 is 1.74 bits per heavy atom. The van der Waals surface area contributed by atoms with E-state index >= 15 is 0 Å². The van der Waals surface area contributed by atoms with Crippen LogP contribution in [0.3, 0.4) is 0 Å². The summed E-state index contributed by atoms with van der Waals surface area (Å²) in [6.45, 7) is 4.00. The summed E-state index contributed by atoms with van der Waals surface area (Å²) in [5.74, 6) is 0.670. The van der Waals surface area contributed by atoms with Crippen LogP contribution in [0.25, 0.3) is 0 Å². The number of nitrogens with zero attached hydrogens (tertiary/aromatic N) is 2. The standard InChI is InChI=1S/C28H29N3O5S3/c1-18-25(17-37-28-30-29-19(2)38-28)35-27(36-26(18)21-13-11-20(16-32)12-14-21)22-7-6-8-23(15-22)31-39(33,34)24-9-4-3-5-10-24/h3-15,18,25-27,31-32H,16-17H2,1-2H3/t18-,25+,26+,27+/m1/s1. The van der Waals surface area contributed by atoms with E-state index in [1.807, 2.05) is 37.3 Å². The summed E-state index contributed by atoms with van der Waals surface area (Å²) < 4.78 is 42.3. The highest BCUT2D eigenvalue weighted by atomic mass is 32.2. The molecular formula is C28H29N3O5S3. The molecule has 11 heteroatoms. The van der Waals surface area contributed by atoms with Gasteiger partial charge in [0.05, 0.1) is 23.7 Å². The number of benzene rings is 3. The van der Waals surface area contributed by atoms with Gasteiger partial charge in [0, 0.05) is 22.9 Å². The summed E-state index contributed by atoms with van der Waals surface area (Å²) in [4.78, 5) is 0.185. The Balaban J connectivity index is 1.40. The average molecular weight is 584 g/mol. The van der Waals surface area contributed by atoms with Crippen molar-refractivity contribution in [2.75, 3.05) is 10.5 Å².